The molecule has 1 fully saturated rings. The van der Waals surface area contributed by atoms with Crippen molar-refractivity contribution in [1.82, 2.24) is 5.32 Å². The zero-order valence-corrected chi connectivity index (χ0v) is 35.6. The maximum atomic E-state index is 13.1. The van der Waals surface area contributed by atoms with Crippen LogP contribution >= 0.6 is 0 Å². The SMILES string of the molecule is CCCCCCCCC/C=C\CCC[C@@H](O)[C@@H](O)[C@H](CO[C@@H]1O[C@H](CO)[C@@H](O)[C@H](O)[C@H]1O)NC(=O)[C@H](O)CCCCCCCCCCCCCCCCCCC. The molecule has 0 bridgehead atoms. The minimum Gasteiger partial charge on any atom is -0.394 e. The first-order chi connectivity index (χ1) is 27.2. The molecule has 9 atom stereocenters. The maximum absolute atomic E-state index is 13.1. The van der Waals surface area contributed by atoms with Gasteiger partial charge in [-0.1, -0.05) is 174 Å². The summed E-state index contributed by atoms with van der Waals surface area (Å²) in [5, 5.41) is 75.5. The second-order valence-electron chi connectivity index (χ2n) is 16.5. The van der Waals surface area contributed by atoms with Crippen LogP contribution in [0.25, 0.3) is 0 Å². The molecule has 332 valence electrons. The van der Waals surface area contributed by atoms with Crippen molar-refractivity contribution in [2.24, 2.45) is 0 Å². The summed E-state index contributed by atoms with van der Waals surface area (Å²) in [7, 11) is 0. The highest BCUT2D eigenvalue weighted by Crippen LogP contribution is 2.23. The summed E-state index contributed by atoms with van der Waals surface area (Å²) >= 11 is 0. The lowest BCUT2D eigenvalue weighted by atomic mass is 9.98. The molecule has 0 unspecified atom stereocenters. The number of amides is 1. The third kappa shape index (κ3) is 25.4. The van der Waals surface area contributed by atoms with Crippen LogP contribution in [0.1, 0.15) is 200 Å². The lowest BCUT2D eigenvalue weighted by Gasteiger charge is -2.40. The van der Waals surface area contributed by atoms with Crippen LogP contribution in [0.5, 0.6) is 0 Å². The van der Waals surface area contributed by atoms with Crippen molar-refractivity contribution in [3.63, 3.8) is 0 Å². The van der Waals surface area contributed by atoms with Gasteiger partial charge < -0.3 is 50.5 Å². The Morgan fingerprint density at radius 2 is 1.05 bits per heavy atom. The number of unbranched alkanes of at least 4 members (excludes halogenated alkanes) is 24. The van der Waals surface area contributed by atoms with E-state index in [9.17, 15) is 40.5 Å². The molecule has 0 aromatic carbocycles. The smallest absolute Gasteiger partial charge is 0.249 e. The summed E-state index contributed by atoms with van der Waals surface area (Å²) < 4.78 is 11.1. The van der Waals surface area contributed by atoms with E-state index in [1.54, 1.807) is 0 Å². The molecular weight excluding hydrogens is 714 g/mol. The van der Waals surface area contributed by atoms with Crippen LogP contribution < -0.4 is 5.32 Å². The van der Waals surface area contributed by atoms with E-state index < -0.39 is 74.2 Å². The number of aliphatic hydroxyl groups is 7. The second-order valence-corrected chi connectivity index (χ2v) is 16.5. The average Bonchev–Trinajstić information content (AvgIpc) is 3.20. The summed E-state index contributed by atoms with van der Waals surface area (Å²) in [4.78, 5) is 13.1. The Morgan fingerprint density at radius 1 is 0.607 bits per heavy atom. The molecule has 1 heterocycles. The normalized spacial score (nSPS) is 22.3. The number of allylic oxidation sites excluding steroid dienone is 2. The first kappa shape index (κ1) is 52.9. The first-order valence-corrected chi connectivity index (χ1v) is 23.1. The fourth-order valence-electron chi connectivity index (χ4n) is 7.44. The molecule has 56 heavy (non-hydrogen) atoms. The molecule has 11 heteroatoms. The summed E-state index contributed by atoms with van der Waals surface area (Å²) in [6.45, 7) is 3.41. The largest absolute Gasteiger partial charge is 0.394 e. The van der Waals surface area contributed by atoms with Gasteiger partial charge in [-0.2, -0.15) is 0 Å². The molecule has 0 aliphatic carbocycles. The third-order valence-corrected chi connectivity index (χ3v) is 11.3. The van der Waals surface area contributed by atoms with E-state index in [0.717, 1.165) is 38.5 Å². The van der Waals surface area contributed by atoms with E-state index in [1.165, 1.54) is 122 Å². The van der Waals surface area contributed by atoms with E-state index in [0.29, 0.717) is 12.8 Å². The van der Waals surface area contributed by atoms with Crippen LogP contribution in [0.2, 0.25) is 0 Å². The van der Waals surface area contributed by atoms with Crippen molar-refractivity contribution in [3.8, 4) is 0 Å². The number of ether oxygens (including phenoxy) is 2. The minimum absolute atomic E-state index is 0.258. The van der Waals surface area contributed by atoms with Crippen molar-refractivity contribution in [1.29, 1.82) is 0 Å². The predicted octanol–water partition coefficient (Wildman–Crippen LogP) is 7.28. The van der Waals surface area contributed by atoms with Gasteiger partial charge in [0, 0.05) is 0 Å². The van der Waals surface area contributed by atoms with Gasteiger partial charge >= 0.3 is 0 Å². The molecular formula is C45H87NO10. The highest BCUT2D eigenvalue weighted by Gasteiger charge is 2.44. The quantitative estimate of drug-likeness (QED) is 0.0233. The van der Waals surface area contributed by atoms with Gasteiger partial charge in [-0.3, -0.25) is 4.79 Å². The zero-order chi connectivity index (χ0) is 41.2. The highest BCUT2D eigenvalue weighted by atomic mass is 16.7. The molecule has 1 aliphatic rings. The number of nitrogens with one attached hydrogen (secondary N) is 1. The van der Waals surface area contributed by atoms with Crippen LogP contribution in [0.15, 0.2) is 12.2 Å². The fourth-order valence-corrected chi connectivity index (χ4v) is 7.44. The molecule has 8 N–H and O–H groups in total. The van der Waals surface area contributed by atoms with Crippen LogP contribution in [-0.2, 0) is 14.3 Å². The van der Waals surface area contributed by atoms with Crippen molar-refractivity contribution in [3.05, 3.63) is 12.2 Å². The van der Waals surface area contributed by atoms with Crippen LogP contribution in [0.4, 0.5) is 0 Å². The number of hydrogen-bond donors (Lipinski definition) is 8. The molecule has 0 spiro atoms. The second kappa shape index (κ2) is 35.8. The van der Waals surface area contributed by atoms with Crippen LogP contribution in [0.3, 0.4) is 0 Å². The summed E-state index contributed by atoms with van der Waals surface area (Å²) in [5.41, 5.74) is 0. The number of hydrogen-bond acceptors (Lipinski definition) is 10. The molecule has 11 nitrogen and oxygen atoms in total. The van der Waals surface area contributed by atoms with E-state index in [2.05, 4.69) is 31.3 Å². The minimum atomic E-state index is -1.66. The highest BCUT2D eigenvalue weighted by molar-refractivity contribution is 5.80. The van der Waals surface area contributed by atoms with Gasteiger partial charge in [0.25, 0.3) is 0 Å². The van der Waals surface area contributed by atoms with Gasteiger partial charge in [-0.15, -0.1) is 0 Å². The van der Waals surface area contributed by atoms with E-state index >= 15 is 0 Å². The van der Waals surface area contributed by atoms with Gasteiger partial charge in [0.2, 0.25) is 5.91 Å². The van der Waals surface area contributed by atoms with Crippen LogP contribution in [0, 0.1) is 0 Å². The number of rotatable bonds is 38. The molecule has 1 rings (SSSR count). The lowest BCUT2D eigenvalue weighted by molar-refractivity contribution is -0.303. The Bertz CT molecular complexity index is 923. The van der Waals surface area contributed by atoms with E-state index in [1.807, 2.05) is 0 Å². The molecule has 0 aromatic heterocycles. The first-order valence-electron chi connectivity index (χ1n) is 23.1. The number of carbonyl (C=O) groups is 1. The van der Waals surface area contributed by atoms with Gasteiger partial charge in [-0.25, -0.2) is 0 Å². The molecule has 0 aromatic rings. The third-order valence-electron chi connectivity index (χ3n) is 11.3. The number of carbonyl (C=O) groups excluding carboxylic acids is 1. The Labute approximate surface area is 341 Å². The standard InChI is InChI=1S/C45H87NO10/c1-3-5-7-9-11-13-15-17-18-19-20-21-23-25-27-29-31-33-38(49)44(54)46-36(35-55-45-43(53)42(52)41(51)39(34-47)56-45)40(50)37(48)32-30-28-26-24-22-16-14-12-10-8-6-4-2/h24,26,36-43,45,47-53H,3-23,25,27-35H2,1-2H3,(H,46,54)/b26-24-/t36-,37+,38+,39+,40-,41+,42-,43+,45+/m0/s1. The van der Waals surface area contributed by atoms with Gasteiger partial charge in [-0.05, 0) is 38.5 Å². The topological polar surface area (TPSA) is 189 Å². The fraction of sp³-hybridized carbons (Fsp3) is 0.933. The van der Waals surface area contributed by atoms with Crippen molar-refractivity contribution < 1.29 is 50.0 Å². The molecule has 0 saturated carbocycles. The Morgan fingerprint density at radius 3 is 1.54 bits per heavy atom. The summed E-state index contributed by atoms with van der Waals surface area (Å²) in [5.74, 6) is -0.705. The van der Waals surface area contributed by atoms with E-state index in [4.69, 9.17) is 9.47 Å². The number of aliphatic hydroxyl groups excluding tert-OH is 7. The average molecular weight is 802 g/mol. The Balaban J connectivity index is 2.46. The Kier molecular flexibility index (Phi) is 33.8. The van der Waals surface area contributed by atoms with Crippen LogP contribution in [-0.4, -0.2) is 110 Å². The van der Waals surface area contributed by atoms with Gasteiger partial charge in [0.05, 0.1) is 25.4 Å². The predicted molar refractivity (Wildman–Crippen MR) is 224 cm³/mol. The molecule has 1 aliphatic heterocycles. The lowest BCUT2D eigenvalue weighted by Crippen LogP contribution is -2.60. The van der Waals surface area contributed by atoms with Crippen molar-refractivity contribution >= 4 is 5.91 Å². The Hall–Kier alpha value is -1.15. The van der Waals surface area contributed by atoms with Crippen molar-refractivity contribution in [2.45, 2.75) is 255 Å². The van der Waals surface area contributed by atoms with Gasteiger partial charge in [0.15, 0.2) is 6.29 Å². The summed E-state index contributed by atoms with van der Waals surface area (Å²) in [6.07, 6.45) is 25.5. The maximum Gasteiger partial charge on any atom is 0.249 e. The van der Waals surface area contributed by atoms with E-state index in [-0.39, 0.29) is 12.8 Å². The van der Waals surface area contributed by atoms with Crippen molar-refractivity contribution in [2.75, 3.05) is 13.2 Å². The molecule has 1 amide bonds. The molecule has 1 saturated heterocycles. The molecule has 0 radical (unpaired) electrons. The summed E-state index contributed by atoms with van der Waals surface area (Å²) in [6, 6.07) is -1.18. The monoisotopic (exact) mass is 802 g/mol. The van der Waals surface area contributed by atoms with Gasteiger partial charge in [0.1, 0.15) is 36.6 Å². The zero-order valence-electron chi connectivity index (χ0n) is 35.6.